The minimum atomic E-state index is -0.149. The third kappa shape index (κ3) is 2.72. The predicted molar refractivity (Wildman–Crippen MR) is 89.1 cm³/mol. The third-order valence-electron chi connectivity index (χ3n) is 4.11. The fraction of sp³-hybridized carbons (Fsp3) is 0.353. The van der Waals surface area contributed by atoms with Crippen molar-refractivity contribution in [1.29, 1.82) is 0 Å². The summed E-state index contributed by atoms with van der Waals surface area (Å²) in [6.07, 6.45) is 4.16. The predicted octanol–water partition coefficient (Wildman–Crippen LogP) is 2.67. The number of fused-ring (bicyclic) bond motifs is 1. The zero-order chi connectivity index (χ0) is 16.4. The molecule has 0 spiro atoms. The second-order valence-electron chi connectivity index (χ2n) is 5.54. The van der Waals surface area contributed by atoms with Gasteiger partial charge in [-0.2, -0.15) is 5.10 Å². The molecule has 0 aliphatic carbocycles. The van der Waals surface area contributed by atoms with Gasteiger partial charge in [-0.15, -0.1) is 0 Å². The van der Waals surface area contributed by atoms with Crippen molar-refractivity contribution in [3.63, 3.8) is 0 Å². The topological polar surface area (TPSA) is 64.7 Å². The van der Waals surface area contributed by atoms with Gasteiger partial charge in [0.05, 0.1) is 11.6 Å². The SMILES string of the molecule is CC[C@H](NC(=O)c1cn(C)c2ccccc12)c1ncnn1CC. The van der Waals surface area contributed by atoms with E-state index < -0.39 is 0 Å². The van der Waals surface area contributed by atoms with Gasteiger partial charge in [-0.1, -0.05) is 25.1 Å². The number of amides is 1. The molecule has 120 valence electrons. The molecular weight excluding hydrogens is 290 g/mol. The summed E-state index contributed by atoms with van der Waals surface area (Å²) in [5.74, 6) is 0.711. The van der Waals surface area contributed by atoms with Crippen molar-refractivity contribution in [1.82, 2.24) is 24.6 Å². The third-order valence-corrected chi connectivity index (χ3v) is 4.11. The Balaban J connectivity index is 1.90. The molecule has 0 aliphatic rings. The summed E-state index contributed by atoms with van der Waals surface area (Å²) < 4.78 is 3.79. The van der Waals surface area contributed by atoms with E-state index in [4.69, 9.17) is 0 Å². The van der Waals surface area contributed by atoms with E-state index >= 15 is 0 Å². The van der Waals surface area contributed by atoms with Crippen LogP contribution in [0.15, 0.2) is 36.8 Å². The van der Waals surface area contributed by atoms with Crippen LogP contribution in [0.2, 0.25) is 0 Å². The normalized spacial score (nSPS) is 12.5. The average Bonchev–Trinajstić information content (AvgIpc) is 3.17. The summed E-state index contributed by atoms with van der Waals surface area (Å²) in [5.41, 5.74) is 1.73. The minimum Gasteiger partial charge on any atom is -0.350 e. The van der Waals surface area contributed by atoms with Crippen molar-refractivity contribution >= 4 is 16.8 Å². The Bertz CT molecular complexity index is 832. The molecule has 3 rings (SSSR count). The van der Waals surface area contributed by atoms with Gasteiger partial charge in [0.1, 0.15) is 12.2 Å². The quantitative estimate of drug-likeness (QED) is 0.788. The molecule has 2 aromatic heterocycles. The van der Waals surface area contributed by atoms with Gasteiger partial charge in [-0.05, 0) is 19.4 Å². The van der Waals surface area contributed by atoms with Crippen molar-refractivity contribution in [3.05, 3.63) is 48.2 Å². The monoisotopic (exact) mass is 311 g/mol. The number of rotatable bonds is 5. The molecule has 1 aromatic carbocycles. The molecule has 0 unspecified atom stereocenters. The van der Waals surface area contributed by atoms with E-state index in [0.29, 0.717) is 5.56 Å². The smallest absolute Gasteiger partial charge is 0.254 e. The lowest BCUT2D eigenvalue weighted by Crippen LogP contribution is -2.30. The number of benzene rings is 1. The molecule has 6 nitrogen and oxygen atoms in total. The molecule has 0 fully saturated rings. The molecule has 1 amide bonds. The number of hydrogen-bond acceptors (Lipinski definition) is 3. The van der Waals surface area contributed by atoms with Crippen molar-refractivity contribution in [3.8, 4) is 0 Å². The van der Waals surface area contributed by atoms with Gasteiger partial charge in [0.25, 0.3) is 5.91 Å². The van der Waals surface area contributed by atoms with Crippen LogP contribution in [0.5, 0.6) is 0 Å². The zero-order valence-electron chi connectivity index (χ0n) is 13.7. The molecule has 23 heavy (non-hydrogen) atoms. The summed E-state index contributed by atoms with van der Waals surface area (Å²) in [7, 11) is 1.95. The number of carbonyl (C=O) groups excluding carboxylic acids is 1. The fourth-order valence-corrected chi connectivity index (χ4v) is 2.89. The number of hydrogen-bond donors (Lipinski definition) is 1. The van der Waals surface area contributed by atoms with Gasteiger partial charge < -0.3 is 9.88 Å². The van der Waals surface area contributed by atoms with Gasteiger partial charge in [0, 0.05) is 30.7 Å². The molecule has 3 aromatic rings. The Kier molecular flexibility index (Phi) is 4.14. The Morgan fingerprint density at radius 1 is 1.30 bits per heavy atom. The van der Waals surface area contributed by atoms with Crippen LogP contribution >= 0.6 is 0 Å². The van der Waals surface area contributed by atoms with E-state index in [1.807, 2.05) is 60.6 Å². The van der Waals surface area contributed by atoms with E-state index in [0.717, 1.165) is 29.7 Å². The van der Waals surface area contributed by atoms with E-state index in [1.54, 1.807) is 0 Å². The maximum absolute atomic E-state index is 12.8. The first kappa shape index (κ1) is 15.3. The number of aryl methyl sites for hydroxylation is 2. The lowest BCUT2D eigenvalue weighted by atomic mass is 10.1. The molecule has 0 bridgehead atoms. The van der Waals surface area contributed by atoms with E-state index in [1.165, 1.54) is 6.33 Å². The molecule has 1 atom stereocenters. The summed E-state index contributed by atoms with van der Waals surface area (Å²) in [6.45, 7) is 4.77. The van der Waals surface area contributed by atoms with Crippen molar-refractivity contribution in [2.75, 3.05) is 0 Å². The Hall–Kier alpha value is -2.63. The van der Waals surface area contributed by atoms with Crippen LogP contribution in [0.25, 0.3) is 10.9 Å². The molecule has 0 saturated carbocycles. The van der Waals surface area contributed by atoms with Crippen LogP contribution in [0.3, 0.4) is 0 Å². The average molecular weight is 311 g/mol. The Morgan fingerprint density at radius 2 is 2.09 bits per heavy atom. The highest BCUT2D eigenvalue weighted by atomic mass is 16.1. The molecule has 0 radical (unpaired) electrons. The van der Waals surface area contributed by atoms with Crippen LogP contribution in [0.4, 0.5) is 0 Å². The number of nitrogens with one attached hydrogen (secondary N) is 1. The summed E-state index contributed by atoms with van der Waals surface area (Å²) in [6, 6.07) is 7.76. The largest absolute Gasteiger partial charge is 0.350 e. The number of para-hydroxylation sites is 1. The maximum Gasteiger partial charge on any atom is 0.254 e. The van der Waals surface area contributed by atoms with E-state index in [-0.39, 0.29) is 11.9 Å². The van der Waals surface area contributed by atoms with Gasteiger partial charge in [0.15, 0.2) is 0 Å². The van der Waals surface area contributed by atoms with Gasteiger partial charge in [0.2, 0.25) is 0 Å². The van der Waals surface area contributed by atoms with Crippen LogP contribution in [0.1, 0.15) is 42.5 Å². The number of nitrogens with zero attached hydrogens (tertiary/aromatic N) is 4. The number of aromatic nitrogens is 4. The standard InChI is InChI=1S/C17H21N5O/c1-4-14(16-18-11-19-22(16)5-2)20-17(23)13-10-21(3)15-9-7-6-8-12(13)15/h6-11,14H,4-5H2,1-3H3,(H,20,23)/t14-/m0/s1. The van der Waals surface area contributed by atoms with Crippen LogP contribution in [0, 0.1) is 0 Å². The Labute approximate surface area is 135 Å². The minimum absolute atomic E-state index is 0.0840. The van der Waals surface area contributed by atoms with Gasteiger partial charge in [-0.25, -0.2) is 9.67 Å². The Morgan fingerprint density at radius 3 is 2.83 bits per heavy atom. The highest BCUT2D eigenvalue weighted by molar-refractivity contribution is 6.07. The molecule has 0 aliphatic heterocycles. The summed E-state index contributed by atoms with van der Waals surface area (Å²) in [5, 5.41) is 8.24. The lowest BCUT2D eigenvalue weighted by Gasteiger charge is -2.16. The van der Waals surface area contributed by atoms with Gasteiger partial charge >= 0.3 is 0 Å². The van der Waals surface area contributed by atoms with E-state index in [9.17, 15) is 4.79 Å². The number of carbonyl (C=O) groups is 1. The highest BCUT2D eigenvalue weighted by Gasteiger charge is 2.21. The molecular formula is C17H21N5O. The molecule has 1 N–H and O–H groups in total. The molecule has 2 heterocycles. The van der Waals surface area contributed by atoms with Gasteiger partial charge in [-0.3, -0.25) is 4.79 Å². The second kappa shape index (κ2) is 6.24. The van der Waals surface area contributed by atoms with Crippen LogP contribution < -0.4 is 5.32 Å². The maximum atomic E-state index is 12.8. The van der Waals surface area contributed by atoms with Crippen LogP contribution in [-0.4, -0.2) is 25.2 Å². The van der Waals surface area contributed by atoms with Crippen molar-refractivity contribution in [2.24, 2.45) is 7.05 Å². The van der Waals surface area contributed by atoms with Crippen molar-refractivity contribution in [2.45, 2.75) is 32.9 Å². The first-order chi connectivity index (χ1) is 11.2. The summed E-state index contributed by atoms with van der Waals surface area (Å²) >= 11 is 0. The van der Waals surface area contributed by atoms with Crippen LogP contribution in [-0.2, 0) is 13.6 Å². The second-order valence-corrected chi connectivity index (χ2v) is 5.54. The fourth-order valence-electron chi connectivity index (χ4n) is 2.89. The zero-order valence-corrected chi connectivity index (χ0v) is 13.7. The lowest BCUT2D eigenvalue weighted by molar-refractivity contribution is 0.0934. The molecule has 6 heteroatoms. The first-order valence-corrected chi connectivity index (χ1v) is 7.88. The highest BCUT2D eigenvalue weighted by Crippen LogP contribution is 2.22. The van der Waals surface area contributed by atoms with E-state index in [2.05, 4.69) is 15.4 Å². The summed E-state index contributed by atoms with van der Waals surface area (Å²) in [4.78, 5) is 17.1. The first-order valence-electron chi connectivity index (χ1n) is 7.88. The molecule has 0 saturated heterocycles. The van der Waals surface area contributed by atoms with Crippen molar-refractivity contribution < 1.29 is 4.79 Å².